The Morgan fingerprint density at radius 3 is 2.67 bits per heavy atom. The lowest BCUT2D eigenvalue weighted by atomic mass is 10.1. The highest BCUT2D eigenvalue weighted by molar-refractivity contribution is 6.33. The third kappa shape index (κ3) is 3.73. The summed E-state index contributed by atoms with van der Waals surface area (Å²) < 4.78 is 0. The van der Waals surface area contributed by atoms with Crippen molar-refractivity contribution in [3.8, 4) is 11.5 Å². The Balaban J connectivity index is 2.08. The van der Waals surface area contributed by atoms with Crippen LogP contribution in [0.1, 0.15) is 21.5 Å². The molecule has 21 heavy (non-hydrogen) atoms. The molecule has 6 heteroatoms. The number of nitrogens with one attached hydrogen (secondary N) is 1. The normalized spacial score (nSPS) is 10.8. The number of carbonyl (C=O) groups is 1. The summed E-state index contributed by atoms with van der Waals surface area (Å²) >= 11 is 5.98. The number of phenols is 2. The van der Waals surface area contributed by atoms with Crippen LogP contribution in [0.25, 0.3) is 0 Å². The number of carbonyl (C=O) groups excluding carboxylic acids is 1. The van der Waals surface area contributed by atoms with Gasteiger partial charge in [0.05, 0.1) is 16.8 Å². The summed E-state index contributed by atoms with van der Waals surface area (Å²) in [6.07, 6.45) is 1.27. The van der Waals surface area contributed by atoms with Crippen molar-refractivity contribution in [1.82, 2.24) is 5.43 Å². The molecule has 5 nitrogen and oxygen atoms in total. The molecule has 3 N–H and O–H groups in total. The third-order valence-corrected chi connectivity index (χ3v) is 3.07. The number of aryl methyl sites for hydroxylation is 1. The Hall–Kier alpha value is -2.53. The lowest BCUT2D eigenvalue weighted by Gasteiger charge is -2.04. The second-order valence-corrected chi connectivity index (χ2v) is 4.83. The third-order valence-electron chi connectivity index (χ3n) is 2.75. The number of amides is 1. The summed E-state index contributed by atoms with van der Waals surface area (Å²) in [5, 5.41) is 22.8. The highest BCUT2D eigenvalue weighted by atomic mass is 35.5. The van der Waals surface area contributed by atoms with Crippen LogP contribution in [0.5, 0.6) is 11.5 Å². The Labute approximate surface area is 126 Å². The van der Waals surface area contributed by atoms with E-state index in [0.717, 1.165) is 5.56 Å². The van der Waals surface area contributed by atoms with E-state index >= 15 is 0 Å². The van der Waals surface area contributed by atoms with Gasteiger partial charge in [-0.2, -0.15) is 5.10 Å². The molecule has 0 saturated heterocycles. The van der Waals surface area contributed by atoms with Gasteiger partial charge in [-0.1, -0.05) is 17.7 Å². The van der Waals surface area contributed by atoms with Gasteiger partial charge < -0.3 is 10.2 Å². The fourth-order valence-corrected chi connectivity index (χ4v) is 1.99. The van der Waals surface area contributed by atoms with Crippen molar-refractivity contribution in [3.05, 3.63) is 58.1 Å². The predicted octanol–water partition coefficient (Wildman–Crippen LogP) is 2.82. The highest BCUT2D eigenvalue weighted by Gasteiger charge is 2.09. The number of rotatable bonds is 3. The van der Waals surface area contributed by atoms with E-state index in [2.05, 4.69) is 10.5 Å². The van der Waals surface area contributed by atoms with Crippen molar-refractivity contribution in [2.45, 2.75) is 6.92 Å². The molecule has 1 amide bonds. The predicted molar refractivity (Wildman–Crippen MR) is 81.0 cm³/mol. The van der Waals surface area contributed by atoms with Crippen molar-refractivity contribution in [2.24, 2.45) is 5.10 Å². The lowest BCUT2D eigenvalue weighted by Crippen LogP contribution is -2.18. The smallest absolute Gasteiger partial charge is 0.272 e. The number of hydrogen-bond donors (Lipinski definition) is 3. The molecule has 0 heterocycles. The maximum absolute atomic E-state index is 11.9. The van der Waals surface area contributed by atoms with E-state index in [4.69, 9.17) is 16.7 Å². The summed E-state index contributed by atoms with van der Waals surface area (Å²) in [6.45, 7) is 1.87. The van der Waals surface area contributed by atoms with Gasteiger partial charge in [0.1, 0.15) is 11.5 Å². The van der Waals surface area contributed by atoms with Crippen LogP contribution in [0.15, 0.2) is 41.5 Å². The van der Waals surface area contributed by atoms with Crippen LogP contribution in [0, 0.1) is 6.92 Å². The quantitative estimate of drug-likeness (QED) is 0.602. The summed E-state index contributed by atoms with van der Waals surface area (Å²) in [5.74, 6) is -0.643. The number of benzene rings is 2. The molecule has 0 atom stereocenters. The van der Waals surface area contributed by atoms with E-state index in [1.54, 1.807) is 18.2 Å². The maximum atomic E-state index is 11.9. The van der Waals surface area contributed by atoms with E-state index in [1.165, 1.54) is 24.4 Å². The monoisotopic (exact) mass is 304 g/mol. The summed E-state index contributed by atoms with van der Waals surface area (Å²) in [6, 6.07) is 9.13. The lowest BCUT2D eigenvalue weighted by molar-refractivity contribution is 0.0955. The maximum Gasteiger partial charge on any atom is 0.272 e. The summed E-state index contributed by atoms with van der Waals surface area (Å²) in [7, 11) is 0. The number of phenolic OH excluding ortho intramolecular Hbond substituents is 2. The molecule has 0 fully saturated rings. The molecule has 2 aromatic carbocycles. The summed E-state index contributed by atoms with van der Waals surface area (Å²) in [5.41, 5.74) is 3.95. The SMILES string of the molecule is Cc1ccc(C(=O)N/N=C\c2ccc(O)cc2O)c(Cl)c1. The zero-order valence-electron chi connectivity index (χ0n) is 11.2. The second kappa shape index (κ2) is 6.28. The highest BCUT2D eigenvalue weighted by Crippen LogP contribution is 2.21. The topological polar surface area (TPSA) is 81.9 Å². The molecule has 0 aliphatic carbocycles. The minimum Gasteiger partial charge on any atom is -0.508 e. The molecule has 2 rings (SSSR count). The first-order valence-electron chi connectivity index (χ1n) is 6.09. The Morgan fingerprint density at radius 1 is 1.24 bits per heavy atom. The van der Waals surface area contributed by atoms with Crippen LogP contribution in [-0.2, 0) is 0 Å². The fraction of sp³-hybridized carbons (Fsp3) is 0.0667. The van der Waals surface area contributed by atoms with Gasteiger partial charge in [0.2, 0.25) is 0 Å². The van der Waals surface area contributed by atoms with Gasteiger partial charge in [0, 0.05) is 11.6 Å². The van der Waals surface area contributed by atoms with Gasteiger partial charge in [0.25, 0.3) is 5.91 Å². The first kappa shape index (κ1) is 14.9. The molecule has 0 aliphatic rings. The molecule has 2 aromatic rings. The summed E-state index contributed by atoms with van der Waals surface area (Å²) in [4.78, 5) is 11.9. The van der Waals surface area contributed by atoms with Crippen molar-refractivity contribution in [2.75, 3.05) is 0 Å². The number of hydrogen-bond acceptors (Lipinski definition) is 4. The second-order valence-electron chi connectivity index (χ2n) is 4.43. The van der Waals surface area contributed by atoms with E-state index in [9.17, 15) is 9.90 Å². The van der Waals surface area contributed by atoms with E-state index in [1.807, 2.05) is 6.92 Å². The first-order valence-corrected chi connectivity index (χ1v) is 6.46. The largest absolute Gasteiger partial charge is 0.508 e. The van der Waals surface area contributed by atoms with Gasteiger partial charge in [-0.3, -0.25) is 4.79 Å². The molecular formula is C15H13ClN2O3. The molecule has 0 bridgehead atoms. The van der Waals surface area contributed by atoms with Crippen LogP contribution in [0.4, 0.5) is 0 Å². The molecule has 0 saturated carbocycles. The van der Waals surface area contributed by atoms with Gasteiger partial charge in [0.15, 0.2) is 0 Å². The molecule has 108 valence electrons. The molecule has 0 radical (unpaired) electrons. The first-order chi connectivity index (χ1) is 9.97. The van der Waals surface area contributed by atoms with Crippen LogP contribution in [0.3, 0.4) is 0 Å². The molecular weight excluding hydrogens is 292 g/mol. The zero-order valence-corrected chi connectivity index (χ0v) is 11.9. The van der Waals surface area contributed by atoms with Gasteiger partial charge in [-0.25, -0.2) is 5.43 Å². The molecule has 0 unspecified atom stereocenters. The van der Waals surface area contributed by atoms with Gasteiger partial charge in [-0.05, 0) is 36.8 Å². The van der Waals surface area contributed by atoms with Crippen LogP contribution in [0.2, 0.25) is 5.02 Å². The number of aromatic hydroxyl groups is 2. The van der Waals surface area contributed by atoms with Crippen LogP contribution in [-0.4, -0.2) is 22.3 Å². The van der Waals surface area contributed by atoms with E-state index in [0.29, 0.717) is 16.1 Å². The molecule has 0 aromatic heterocycles. The zero-order chi connectivity index (χ0) is 15.4. The van der Waals surface area contributed by atoms with E-state index in [-0.39, 0.29) is 11.5 Å². The average molecular weight is 305 g/mol. The van der Waals surface area contributed by atoms with Crippen molar-refractivity contribution in [3.63, 3.8) is 0 Å². The average Bonchev–Trinajstić information content (AvgIpc) is 2.41. The fourth-order valence-electron chi connectivity index (χ4n) is 1.67. The van der Waals surface area contributed by atoms with Gasteiger partial charge in [-0.15, -0.1) is 0 Å². The van der Waals surface area contributed by atoms with Gasteiger partial charge >= 0.3 is 0 Å². The van der Waals surface area contributed by atoms with Crippen LogP contribution < -0.4 is 5.43 Å². The van der Waals surface area contributed by atoms with E-state index < -0.39 is 5.91 Å². The number of nitrogens with zero attached hydrogens (tertiary/aromatic N) is 1. The Kier molecular flexibility index (Phi) is 4.45. The molecule has 0 aliphatic heterocycles. The van der Waals surface area contributed by atoms with Crippen molar-refractivity contribution < 1.29 is 15.0 Å². The Bertz CT molecular complexity index is 714. The minimum atomic E-state index is -0.450. The minimum absolute atomic E-state index is 0.0554. The van der Waals surface area contributed by atoms with Crippen molar-refractivity contribution >= 4 is 23.7 Å². The number of hydrazone groups is 1. The Morgan fingerprint density at radius 2 is 2.00 bits per heavy atom. The number of halogens is 1. The van der Waals surface area contributed by atoms with Crippen LogP contribution >= 0.6 is 11.6 Å². The molecule has 0 spiro atoms. The van der Waals surface area contributed by atoms with Crippen molar-refractivity contribution in [1.29, 1.82) is 0 Å². The standard InChI is InChI=1S/C15H13ClN2O3/c1-9-2-5-12(13(16)6-9)15(21)18-17-8-10-3-4-11(19)7-14(10)20/h2-8,19-20H,1H3,(H,18,21)/b17-8-.